The van der Waals surface area contributed by atoms with E-state index in [4.69, 9.17) is 23.7 Å². The molecule has 0 unspecified atom stereocenters. The number of hydrogen-bond donors (Lipinski definition) is 0. The van der Waals surface area contributed by atoms with E-state index in [9.17, 15) is 4.79 Å². The van der Waals surface area contributed by atoms with Crippen LogP contribution in [-0.2, 0) is 4.74 Å². The molecule has 0 bridgehead atoms. The number of fused-ring (bicyclic) bond motifs is 1. The summed E-state index contributed by atoms with van der Waals surface area (Å²) in [5.41, 5.74) is 1.08. The smallest absolute Gasteiger partial charge is 0.336 e. The summed E-state index contributed by atoms with van der Waals surface area (Å²) in [6, 6.07) is 12.1. The summed E-state index contributed by atoms with van der Waals surface area (Å²) < 4.78 is 27.6. The van der Waals surface area contributed by atoms with E-state index in [-0.39, 0.29) is 25.3 Å². The van der Waals surface area contributed by atoms with E-state index in [2.05, 4.69) is 10.1 Å². The fourth-order valence-electron chi connectivity index (χ4n) is 2.79. The summed E-state index contributed by atoms with van der Waals surface area (Å²) in [6.07, 6.45) is 0. The Morgan fingerprint density at radius 3 is 2.62 bits per heavy atom. The van der Waals surface area contributed by atoms with E-state index in [1.54, 1.807) is 56.7 Å². The second kappa shape index (κ2) is 8.19. The Morgan fingerprint density at radius 1 is 1.07 bits per heavy atom. The van der Waals surface area contributed by atoms with E-state index < -0.39 is 0 Å². The minimum atomic E-state index is -0.352. The highest BCUT2D eigenvalue weighted by Crippen LogP contribution is 2.36. The Labute approximate surface area is 166 Å². The number of carbonyl (C=O) groups is 1. The Kier molecular flexibility index (Phi) is 5.30. The molecular weight excluding hydrogens is 378 g/mol. The normalized spacial score (nSPS) is 12.1. The molecule has 4 rings (SSSR count). The van der Waals surface area contributed by atoms with Gasteiger partial charge in [0.15, 0.2) is 17.3 Å². The van der Waals surface area contributed by atoms with Gasteiger partial charge in [0, 0.05) is 18.2 Å². The fraction of sp³-hybridized carbons (Fsp3) is 0.250. The molecule has 0 saturated carbocycles. The van der Waals surface area contributed by atoms with Crippen molar-refractivity contribution in [1.82, 2.24) is 14.8 Å². The molecule has 0 aliphatic carbocycles. The van der Waals surface area contributed by atoms with Crippen molar-refractivity contribution in [1.29, 1.82) is 0 Å². The van der Waals surface area contributed by atoms with Crippen molar-refractivity contribution in [3.8, 4) is 34.6 Å². The highest BCUT2D eigenvalue weighted by Gasteiger charge is 2.22. The number of methoxy groups -OCH3 is 2. The Bertz CT molecular complexity index is 1020. The molecule has 0 spiro atoms. The summed E-state index contributed by atoms with van der Waals surface area (Å²) >= 11 is 0. The highest BCUT2D eigenvalue weighted by atomic mass is 16.7. The number of rotatable bonds is 7. The van der Waals surface area contributed by atoms with Crippen LogP contribution in [0.3, 0.4) is 0 Å². The summed E-state index contributed by atoms with van der Waals surface area (Å²) in [7, 11) is 3.14. The molecule has 1 aromatic heterocycles. The van der Waals surface area contributed by atoms with Crippen LogP contribution in [-0.4, -0.2) is 54.9 Å². The number of benzene rings is 2. The second-order valence-corrected chi connectivity index (χ2v) is 6.07. The fourth-order valence-corrected chi connectivity index (χ4v) is 2.79. The first kappa shape index (κ1) is 18.8. The molecule has 0 atom stereocenters. The van der Waals surface area contributed by atoms with Crippen LogP contribution in [0.2, 0.25) is 0 Å². The monoisotopic (exact) mass is 397 g/mol. The van der Waals surface area contributed by atoms with Gasteiger partial charge in [-0.05, 0) is 42.5 Å². The van der Waals surface area contributed by atoms with Crippen molar-refractivity contribution in [2.75, 3.05) is 34.2 Å². The van der Waals surface area contributed by atoms with Gasteiger partial charge >= 0.3 is 6.01 Å². The quantitative estimate of drug-likeness (QED) is 0.561. The number of carbonyl (C=O) groups excluding carboxylic acids is 1. The number of hydrogen-bond acceptors (Lipinski definition) is 8. The van der Waals surface area contributed by atoms with E-state index in [1.807, 2.05) is 0 Å². The van der Waals surface area contributed by atoms with Crippen molar-refractivity contribution >= 4 is 5.91 Å². The maximum atomic E-state index is 13.1. The van der Waals surface area contributed by atoms with Crippen LogP contribution in [0.5, 0.6) is 23.3 Å². The standard InChI is InChI=1S/C20H19N3O6/c1-25-9-10-27-20-21-18(14-5-8-16-17(11-14)29-12-28-16)23(22-20)19(24)13-3-6-15(26-2)7-4-13/h3-8,11H,9-10,12H2,1-2H3. The first-order valence-electron chi connectivity index (χ1n) is 8.87. The lowest BCUT2D eigenvalue weighted by molar-refractivity contribution is 0.0943. The van der Waals surface area contributed by atoms with Crippen LogP contribution < -0.4 is 18.9 Å². The van der Waals surface area contributed by atoms with Gasteiger partial charge in [0.25, 0.3) is 5.91 Å². The first-order chi connectivity index (χ1) is 14.2. The van der Waals surface area contributed by atoms with Gasteiger partial charge in [-0.1, -0.05) is 0 Å². The van der Waals surface area contributed by atoms with E-state index in [0.29, 0.717) is 40.8 Å². The summed E-state index contributed by atoms with van der Waals surface area (Å²) in [5, 5.41) is 4.25. The average Bonchev–Trinajstić information content (AvgIpc) is 3.40. The predicted molar refractivity (Wildman–Crippen MR) is 102 cm³/mol. The number of ether oxygens (including phenoxy) is 5. The zero-order chi connectivity index (χ0) is 20.2. The van der Waals surface area contributed by atoms with Gasteiger partial charge in [0.1, 0.15) is 12.4 Å². The van der Waals surface area contributed by atoms with Gasteiger partial charge < -0.3 is 23.7 Å². The van der Waals surface area contributed by atoms with Crippen LogP contribution in [0.1, 0.15) is 10.4 Å². The molecule has 150 valence electrons. The van der Waals surface area contributed by atoms with E-state index in [0.717, 1.165) is 0 Å². The van der Waals surface area contributed by atoms with Gasteiger partial charge in [0.05, 0.1) is 13.7 Å². The van der Waals surface area contributed by atoms with Crippen molar-refractivity contribution in [2.45, 2.75) is 0 Å². The van der Waals surface area contributed by atoms with Crippen molar-refractivity contribution in [3.05, 3.63) is 48.0 Å². The molecule has 3 aromatic rings. The van der Waals surface area contributed by atoms with Gasteiger partial charge in [0.2, 0.25) is 6.79 Å². The molecule has 9 nitrogen and oxygen atoms in total. The van der Waals surface area contributed by atoms with Crippen LogP contribution in [0, 0.1) is 0 Å². The molecule has 0 fully saturated rings. The molecule has 9 heteroatoms. The van der Waals surface area contributed by atoms with Crippen molar-refractivity contribution < 1.29 is 28.5 Å². The molecule has 1 aliphatic rings. The maximum Gasteiger partial charge on any atom is 0.336 e. The van der Waals surface area contributed by atoms with Crippen LogP contribution >= 0.6 is 0 Å². The van der Waals surface area contributed by atoms with Crippen LogP contribution in [0.15, 0.2) is 42.5 Å². The Morgan fingerprint density at radius 2 is 1.86 bits per heavy atom. The summed E-state index contributed by atoms with van der Waals surface area (Å²) in [6.45, 7) is 0.791. The van der Waals surface area contributed by atoms with Gasteiger partial charge in [-0.15, -0.1) is 5.10 Å². The predicted octanol–water partition coefficient (Wildman–Crippen LogP) is 2.40. The topological polar surface area (TPSA) is 93.9 Å². The zero-order valence-corrected chi connectivity index (χ0v) is 16.0. The van der Waals surface area contributed by atoms with Crippen molar-refractivity contribution in [2.24, 2.45) is 0 Å². The van der Waals surface area contributed by atoms with Gasteiger partial charge in [-0.3, -0.25) is 4.79 Å². The number of aromatic nitrogens is 3. The first-order valence-corrected chi connectivity index (χ1v) is 8.87. The third-order valence-electron chi connectivity index (χ3n) is 4.27. The minimum absolute atomic E-state index is 0.0802. The molecule has 1 aliphatic heterocycles. The largest absolute Gasteiger partial charge is 0.497 e. The molecule has 29 heavy (non-hydrogen) atoms. The zero-order valence-electron chi connectivity index (χ0n) is 16.0. The molecule has 0 radical (unpaired) electrons. The lowest BCUT2D eigenvalue weighted by Crippen LogP contribution is -2.15. The highest BCUT2D eigenvalue weighted by molar-refractivity contribution is 5.97. The van der Waals surface area contributed by atoms with Crippen molar-refractivity contribution in [3.63, 3.8) is 0 Å². The molecule has 0 saturated heterocycles. The number of nitrogens with zero attached hydrogens (tertiary/aromatic N) is 3. The summed E-state index contributed by atoms with van der Waals surface area (Å²) in [4.78, 5) is 17.5. The molecule has 2 heterocycles. The minimum Gasteiger partial charge on any atom is -0.497 e. The van der Waals surface area contributed by atoms with Crippen LogP contribution in [0.25, 0.3) is 11.4 Å². The summed E-state index contributed by atoms with van der Waals surface area (Å²) in [5.74, 6) is 1.85. The Hall–Kier alpha value is -3.59. The SMILES string of the molecule is COCCOc1nc(-c2ccc3c(c2)OCO3)n(C(=O)c2ccc(OC)cc2)n1. The Balaban J connectivity index is 1.71. The lowest BCUT2D eigenvalue weighted by atomic mass is 10.1. The maximum absolute atomic E-state index is 13.1. The van der Waals surface area contributed by atoms with Gasteiger partial charge in [-0.2, -0.15) is 9.67 Å². The second-order valence-electron chi connectivity index (χ2n) is 6.07. The molecular formula is C20H19N3O6. The molecule has 0 N–H and O–H groups in total. The average molecular weight is 397 g/mol. The van der Waals surface area contributed by atoms with E-state index in [1.165, 1.54) is 4.68 Å². The van der Waals surface area contributed by atoms with Crippen LogP contribution in [0.4, 0.5) is 0 Å². The van der Waals surface area contributed by atoms with Gasteiger partial charge in [-0.25, -0.2) is 0 Å². The third-order valence-corrected chi connectivity index (χ3v) is 4.27. The van der Waals surface area contributed by atoms with E-state index >= 15 is 0 Å². The third kappa shape index (κ3) is 3.85. The molecule has 2 aromatic carbocycles. The molecule has 0 amide bonds. The lowest BCUT2D eigenvalue weighted by Gasteiger charge is -2.06.